The molecule has 0 fully saturated rings. The Morgan fingerprint density at radius 1 is 0.857 bits per heavy atom. The van der Waals surface area contributed by atoms with Gasteiger partial charge in [0.05, 0.1) is 39.1 Å². The van der Waals surface area contributed by atoms with Crippen LogP contribution in [-0.2, 0) is 11.3 Å². The molecule has 0 spiro atoms. The molecule has 0 saturated carbocycles. The zero-order chi connectivity index (χ0) is 25.4. The Bertz CT molecular complexity index is 1200. The van der Waals surface area contributed by atoms with Crippen molar-refractivity contribution in [3.63, 3.8) is 0 Å². The summed E-state index contributed by atoms with van der Waals surface area (Å²) in [5, 5.41) is 5.74. The quantitative estimate of drug-likeness (QED) is 0.452. The number of nitrogens with one attached hydrogen (secondary N) is 2. The van der Waals surface area contributed by atoms with Crippen LogP contribution in [0.5, 0.6) is 17.2 Å². The van der Waals surface area contributed by atoms with Crippen molar-refractivity contribution in [3.8, 4) is 17.2 Å². The van der Waals surface area contributed by atoms with Gasteiger partial charge in [0.25, 0.3) is 5.91 Å². The average Bonchev–Trinajstić information content (AvgIpc) is 2.83. The first kappa shape index (κ1) is 25.6. The average molecular weight is 478 g/mol. The van der Waals surface area contributed by atoms with Crippen LogP contribution in [0.25, 0.3) is 0 Å². The van der Waals surface area contributed by atoms with E-state index in [1.54, 1.807) is 51.7 Å². The lowest BCUT2D eigenvalue weighted by molar-refractivity contribution is -0.117. The standard InChI is InChI=1S/C27H31N3O5/c1-18-9-8-10-20(15-18)28-27(32)21-11-6-7-12-22(21)29-24(31)17-30(2)16-19-13-14-23(33-3)26(35-5)25(19)34-4/h6-15H,16-17H2,1-5H3,(H,28,32)(H,29,31). The number of para-hydroxylation sites is 1. The Morgan fingerprint density at radius 2 is 1.60 bits per heavy atom. The summed E-state index contributed by atoms with van der Waals surface area (Å²) in [6, 6.07) is 18.1. The number of carbonyl (C=O) groups excluding carboxylic acids is 2. The van der Waals surface area contributed by atoms with Gasteiger partial charge in [0.15, 0.2) is 11.5 Å². The lowest BCUT2D eigenvalue weighted by Crippen LogP contribution is -2.30. The molecule has 35 heavy (non-hydrogen) atoms. The van der Waals surface area contributed by atoms with E-state index in [4.69, 9.17) is 14.2 Å². The fraction of sp³-hybridized carbons (Fsp3) is 0.259. The second-order valence-corrected chi connectivity index (χ2v) is 8.08. The molecule has 0 saturated heterocycles. The number of hydrogen-bond acceptors (Lipinski definition) is 6. The molecule has 8 heteroatoms. The van der Waals surface area contributed by atoms with Crippen molar-refractivity contribution in [2.45, 2.75) is 13.5 Å². The Hall–Kier alpha value is -4.04. The van der Waals surface area contributed by atoms with Gasteiger partial charge in [0.1, 0.15) is 0 Å². The monoisotopic (exact) mass is 477 g/mol. The molecule has 0 radical (unpaired) electrons. The number of aryl methyl sites for hydroxylation is 1. The summed E-state index contributed by atoms with van der Waals surface area (Å²) in [5.74, 6) is 1.07. The van der Waals surface area contributed by atoms with E-state index in [1.807, 2.05) is 49.2 Å². The van der Waals surface area contributed by atoms with Crippen molar-refractivity contribution in [1.82, 2.24) is 4.90 Å². The molecular weight excluding hydrogens is 446 g/mol. The molecule has 2 amide bonds. The van der Waals surface area contributed by atoms with Gasteiger partial charge in [0, 0.05) is 17.8 Å². The third kappa shape index (κ3) is 6.51. The van der Waals surface area contributed by atoms with Gasteiger partial charge >= 0.3 is 0 Å². The summed E-state index contributed by atoms with van der Waals surface area (Å²) >= 11 is 0. The summed E-state index contributed by atoms with van der Waals surface area (Å²) in [4.78, 5) is 27.5. The van der Waals surface area contributed by atoms with Crippen LogP contribution in [-0.4, -0.2) is 51.6 Å². The number of methoxy groups -OCH3 is 3. The fourth-order valence-electron chi connectivity index (χ4n) is 3.78. The van der Waals surface area contributed by atoms with Crippen molar-refractivity contribution < 1.29 is 23.8 Å². The van der Waals surface area contributed by atoms with Gasteiger partial charge in [-0.15, -0.1) is 0 Å². The van der Waals surface area contributed by atoms with Gasteiger partial charge < -0.3 is 24.8 Å². The first-order valence-electron chi connectivity index (χ1n) is 11.1. The van der Waals surface area contributed by atoms with Crippen LogP contribution in [0.15, 0.2) is 60.7 Å². The molecule has 0 heterocycles. The van der Waals surface area contributed by atoms with E-state index in [2.05, 4.69) is 10.6 Å². The van der Waals surface area contributed by atoms with Crippen LogP contribution >= 0.6 is 0 Å². The Kier molecular flexibility index (Phi) is 8.69. The van der Waals surface area contributed by atoms with E-state index in [-0.39, 0.29) is 18.4 Å². The van der Waals surface area contributed by atoms with Crippen molar-refractivity contribution in [2.24, 2.45) is 0 Å². The van der Waals surface area contributed by atoms with E-state index >= 15 is 0 Å². The van der Waals surface area contributed by atoms with E-state index in [1.165, 1.54) is 0 Å². The van der Waals surface area contributed by atoms with Crippen LogP contribution in [0.1, 0.15) is 21.5 Å². The molecule has 3 aromatic rings. The van der Waals surface area contributed by atoms with E-state index in [0.717, 1.165) is 11.1 Å². The third-order valence-corrected chi connectivity index (χ3v) is 5.36. The molecule has 0 aliphatic carbocycles. The molecule has 8 nitrogen and oxygen atoms in total. The molecule has 3 rings (SSSR count). The van der Waals surface area contributed by atoms with Gasteiger partial charge in [-0.25, -0.2) is 0 Å². The van der Waals surface area contributed by atoms with Crippen LogP contribution in [0.3, 0.4) is 0 Å². The lowest BCUT2D eigenvalue weighted by atomic mass is 10.1. The van der Waals surface area contributed by atoms with Gasteiger partial charge in [-0.2, -0.15) is 0 Å². The summed E-state index contributed by atoms with van der Waals surface area (Å²) in [7, 11) is 6.50. The number of hydrogen-bond donors (Lipinski definition) is 2. The van der Waals surface area contributed by atoms with E-state index in [9.17, 15) is 9.59 Å². The predicted molar refractivity (Wildman–Crippen MR) is 137 cm³/mol. The van der Waals surface area contributed by atoms with Crippen molar-refractivity contribution >= 4 is 23.2 Å². The zero-order valence-corrected chi connectivity index (χ0v) is 20.7. The number of nitrogens with zero attached hydrogens (tertiary/aromatic N) is 1. The van der Waals surface area contributed by atoms with Crippen LogP contribution in [0, 0.1) is 6.92 Å². The van der Waals surface area contributed by atoms with Gasteiger partial charge in [0.2, 0.25) is 11.7 Å². The number of carbonyl (C=O) groups is 2. The van der Waals surface area contributed by atoms with Gasteiger partial charge in [-0.3, -0.25) is 14.5 Å². The number of anilines is 2. The Balaban J connectivity index is 1.68. The highest BCUT2D eigenvalue weighted by Crippen LogP contribution is 2.40. The highest BCUT2D eigenvalue weighted by Gasteiger charge is 2.19. The summed E-state index contributed by atoms with van der Waals surface area (Å²) in [6.45, 7) is 2.50. The maximum Gasteiger partial charge on any atom is 0.257 e. The molecule has 0 aliphatic rings. The highest BCUT2D eigenvalue weighted by atomic mass is 16.5. The SMILES string of the molecule is COc1ccc(CN(C)CC(=O)Nc2ccccc2C(=O)Nc2cccc(C)c2)c(OC)c1OC. The molecule has 0 unspecified atom stereocenters. The summed E-state index contributed by atoms with van der Waals surface area (Å²) < 4.78 is 16.3. The van der Waals surface area contributed by atoms with Crippen LogP contribution in [0.4, 0.5) is 11.4 Å². The van der Waals surface area contributed by atoms with Crippen molar-refractivity contribution in [2.75, 3.05) is 45.6 Å². The molecular formula is C27H31N3O5. The van der Waals surface area contributed by atoms with E-state index < -0.39 is 0 Å². The maximum absolute atomic E-state index is 12.9. The normalized spacial score (nSPS) is 10.6. The van der Waals surface area contributed by atoms with Gasteiger partial charge in [-0.05, 0) is 49.9 Å². The van der Waals surface area contributed by atoms with Gasteiger partial charge in [-0.1, -0.05) is 30.3 Å². The Morgan fingerprint density at radius 3 is 2.29 bits per heavy atom. The Labute approximate surface area is 205 Å². The second-order valence-electron chi connectivity index (χ2n) is 8.08. The molecule has 2 N–H and O–H groups in total. The summed E-state index contributed by atoms with van der Waals surface area (Å²) in [6.07, 6.45) is 0. The minimum atomic E-state index is -0.296. The number of ether oxygens (including phenoxy) is 3. The topological polar surface area (TPSA) is 89.1 Å². The lowest BCUT2D eigenvalue weighted by Gasteiger charge is -2.20. The number of likely N-dealkylation sites (N-methyl/N-ethyl adjacent to an activating group) is 1. The number of amides is 2. The third-order valence-electron chi connectivity index (χ3n) is 5.36. The smallest absolute Gasteiger partial charge is 0.257 e. The maximum atomic E-state index is 12.9. The highest BCUT2D eigenvalue weighted by molar-refractivity contribution is 6.10. The van der Waals surface area contributed by atoms with E-state index in [0.29, 0.717) is 40.7 Å². The van der Waals surface area contributed by atoms with Crippen LogP contribution in [0.2, 0.25) is 0 Å². The molecule has 0 aliphatic heterocycles. The minimum absolute atomic E-state index is 0.103. The number of rotatable bonds is 10. The zero-order valence-electron chi connectivity index (χ0n) is 20.7. The second kappa shape index (κ2) is 11.9. The summed E-state index contributed by atoms with van der Waals surface area (Å²) in [5.41, 5.74) is 3.41. The fourth-order valence-corrected chi connectivity index (χ4v) is 3.78. The molecule has 0 bridgehead atoms. The van der Waals surface area contributed by atoms with Crippen molar-refractivity contribution in [1.29, 1.82) is 0 Å². The first-order valence-corrected chi connectivity index (χ1v) is 11.1. The molecule has 0 atom stereocenters. The molecule has 184 valence electrons. The first-order chi connectivity index (χ1) is 16.9. The largest absolute Gasteiger partial charge is 0.493 e. The minimum Gasteiger partial charge on any atom is -0.493 e. The molecule has 3 aromatic carbocycles. The predicted octanol–water partition coefficient (Wildman–Crippen LogP) is 4.34. The van der Waals surface area contributed by atoms with Crippen molar-refractivity contribution in [3.05, 3.63) is 77.4 Å². The number of benzene rings is 3. The molecule has 0 aromatic heterocycles. The van der Waals surface area contributed by atoms with Crippen LogP contribution < -0.4 is 24.8 Å².